The summed E-state index contributed by atoms with van der Waals surface area (Å²) >= 11 is 0. The van der Waals surface area contributed by atoms with Gasteiger partial charge in [-0.15, -0.1) is 0 Å². The van der Waals surface area contributed by atoms with E-state index in [1.807, 2.05) is 0 Å². The summed E-state index contributed by atoms with van der Waals surface area (Å²) in [6.45, 7) is 9.22. The molecule has 2 heteroatoms. The first-order chi connectivity index (χ1) is 9.70. The zero-order valence-electron chi connectivity index (χ0n) is 13.4. The second-order valence-electron chi connectivity index (χ2n) is 7.00. The summed E-state index contributed by atoms with van der Waals surface area (Å²) < 4.78 is 0. The Hall–Kier alpha value is -0.915. The predicted octanol–water partition coefficient (Wildman–Crippen LogP) is 4.61. The van der Waals surface area contributed by atoms with E-state index in [9.17, 15) is 0 Å². The van der Waals surface area contributed by atoms with E-state index in [1.54, 1.807) is 22.3 Å². The second kappa shape index (κ2) is 5.83. The number of aryl methyl sites for hydroxylation is 1. The van der Waals surface area contributed by atoms with Crippen molar-refractivity contribution < 1.29 is 0 Å². The Bertz CT molecular complexity index is 495. The third kappa shape index (κ3) is 2.50. The summed E-state index contributed by atoms with van der Waals surface area (Å²) in [4.78, 5) is 0. The van der Waals surface area contributed by atoms with Gasteiger partial charge in [0, 0.05) is 12.2 Å². The van der Waals surface area contributed by atoms with Gasteiger partial charge in [0.05, 0.1) is 0 Å². The van der Waals surface area contributed by atoms with E-state index in [4.69, 9.17) is 0 Å². The molecule has 0 saturated carbocycles. The Morgan fingerprint density at radius 3 is 2.95 bits per heavy atom. The quantitative estimate of drug-likeness (QED) is 0.773. The van der Waals surface area contributed by atoms with Crippen molar-refractivity contribution in [1.82, 2.24) is 0 Å². The normalized spacial score (nSPS) is 21.8. The number of fused-ring (bicyclic) bond motifs is 2. The van der Waals surface area contributed by atoms with Crippen LogP contribution in [0.5, 0.6) is 0 Å². The monoisotopic (exact) mass is 269 g/mol. The van der Waals surface area contributed by atoms with Crippen LogP contribution in [-0.4, -0.2) is 13.3 Å². The molecule has 0 aromatic heterocycles. The highest BCUT2D eigenvalue weighted by molar-refractivity contribution is 6.59. The molecule has 1 atom stereocenters. The molecule has 1 nitrogen and oxygen atoms in total. The third-order valence-electron chi connectivity index (χ3n) is 5.51. The van der Waals surface area contributed by atoms with E-state index >= 15 is 0 Å². The molecule has 108 valence electrons. The van der Waals surface area contributed by atoms with Gasteiger partial charge in [-0.05, 0) is 54.4 Å². The average Bonchev–Trinajstić information content (AvgIpc) is 2.59. The molecule has 2 heterocycles. The molecule has 0 aliphatic carbocycles. The lowest BCUT2D eigenvalue weighted by molar-refractivity contribution is 0.802. The highest BCUT2D eigenvalue weighted by Gasteiger charge is 2.26. The van der Waals surface area contributed by atoms with Crippen LogP contribution in [0.15, 0.2) is 6.07 Å². The van der Waals surface area contributed by atoms with Crippen LogP contribution in [0.25, 0.3) is 0 Å². The molecule has 1 aromatic carbocycles. The van der Waals surface area contributed by atoms with Crippen molar-refractivity contribution in [2.45, 2.75) is 71.3 Å². The van der Waals surface area contributed by atoms with Crippen LogP contribution in [0.3, 0.4) is 0 Å². The summed E-state index contributed by atoms with van der Waals surface area (Å²) in [5, 5.41) is 3.71. The van der Waals surface area contributed by atoms with Crippen molar-refractivity contribution in [3.63, 3.8) is 0 Å². The zero-order chi connectivity index (χ0) is 14.1. The summed E-state index contributed by atoms with van der Waals surface area (Å²) in [7, 11) is 0. The highest BCUT2D eigenvalue weighted by Crippen LogP contribution is 2.37. The average molecular weight is 269 g/mol. The van der Waals surface area contributed by atoms with Crippen LogP contribution < -0.4 is 5.32 Å². The molecule has 1 aromatic rings. The van der Waals surface area contributed by atoms with E-state index in [2.05, 4.69) is 32.1 Å². The molecule has 0 bridgehead atoms. The molecular weight excluding hydrogens is 241 g/mol. The zero-order valence-corrected chi connectivity index (χ0v) is 13.4. The van der Waals surface area contributed by atoms with E-state index in [1.165, 1.54) is 50.5 Å². The molecule has 0 spiro atoms. The van der Waals surface area contributed by atoms with Crippen LogP contribution in [0.4, 0.5) is 5.69 Å². The first kappa shape index (κ1) is 14.0. The maximum atomic E-state index is 3.71. The van der Waals surface area contributed by atoms with Gasteiger partial charge in [0.1, 0.15) is 6.71 Å². The minimum absolute atomic E-state index is 0.834. The third-order valence-corrected chi connectivity index (χ3v) is 5.51. The summed E-state index contributed by atoms with van der Waals surface area (Å²) in [6.07, 6.45) is 9.03. The van der Waals surface area contributed by atoms with Gasteiger partial charge in [0.2, 0.25) is 0 Å². The molecule has 1 N–H and O–H groups in total. The fraction of sp³-hybridized carbons (Fsp3) is 0.667. The molecular formula is C18H28BN. The van der Waals surface area contributed by atoms with Crippen LogP contribution >= 0.6 is 0 Å². The molecule has 3 rings (SSSR count). The van der Waals surface area contributed by atoms with Crippen LogP contribution in [0, 0.1) is 0 Å². The van der Waals surface area contributed by atoms with Gasteiger partial charge in [-0.3, -0.25) is 0 Å². The molecule has 0 amide bonds. The number of hydrogen-bond acceptors (Lipinski definition) is 1. The van der Waals surface area contributed by atoms with Gasteiger partial charge in [-0.1, -0.05) is 45.3 Å². The molecule has 2 aliphatic rings. The standard InChI is InChI=1S/C18H28BN/c1-4-6-17-16-8-9-19(3)13(2)11-15(16)12-14-7-5-10-20-18(14)17/h12-13,20H,4-11H2,1-3H3. The van der Waals surface area contributed by atoms with Crippen molar-refractivity contribution in [2.75, 3.05) is 11.9 Å². The number of benzene rings is 1. The molecule has 0 fully saturated rings. The van der Waals surface area contributed by atoms with Crippen molar-refractivity contribution in [3.8, 4) is 0 Å². The maximum Gasteiger partial charge on any atom is 0.140 e. The maximum absolute atomic E-state index is 3.71. The van der Waals surface area contributed by atoms with Gasteiger partial charge in [-0.25, -0.2) is 0 Å². The van der Waals surface area contributed by atoms with Crippen LogP contribution in [-0.2, 0) is 25.7 Å². The Labute approximate surface area is 124 Å². The number of hydrogen-bond donors (Lipinski definition) is 1. The lowest BCUT2D eigenvalue weighted by atomic mass is 9.41. The van der Waals surface area contributed by atoms with Gasteiger partial charge in [-0.2, -0.15) is 0 Å². The van der Waals surface area contributed by atoms with Crippen LogP contribution in [0.1, 0.15) is 48.9 Å². The van der Waals surface area contributed by atoms with Crippen molar-refractivity contribution in [2.24, 2.45) is 0 Å². The first-order valence-corrected chi connectivity index (χ1v) is 8.61. The van der Waals surface area contributed by atoms with E-state index in [-0.39, 0.29) is 0 Å². The lowest BCUT2D eigenvalue weighted by Gasteiger charge is -2.26. The molecule has 1 unspecified atom stereocenters. The van der Waals surface area contributed by atoms with E-state index in [0.29, 0.717) is 0 Å². The number of rotatable bonds is 2. The molecule has 0 saturated heterocycles. The fourth-order valence-corrected chi connectivity index (χ4v) is 4.04. The lowest BCUT2D eigenvalue weighted by Crippen LogP contribution is -2.16. The van der Waals surface area contributed by atoms with Crippen molar-refractivity contribution in [1.29, 1.82) is 0 Å². The predicted molar refractivity (Wildman–Crippen MR) is 90.5 cm³/mol. The van der Waals surface area contributed by atoms with Gasteiger partial charge >= 0.3 is 0 Å². The Morgan fingerprint density at radius 2 is 2.15 bits per heavy atom. The van der Waals surface area contributed by atoms with Gasteiger partial charge in [0.15, 0.2) is 0 Å². The minimum Gasteiger partial charge on any atom is -0.385 e. The SMILES string of the molecule is CCCc1c2c(cc3c1NCCC3)CC(C)B(C)CC2. The van der Waals surface area contributed by atoms with Crippen molar-refractivity contribution in [3.05, 3.63) is 28.3 Å². The van der Waals surface area contributed by atoms with Gasteiger partial charge in [0.25, 0.3) is 0 Å². The largest absolute Gasteiger partial charge is 0.385 e. The highest BCUT2D eigenvalue weighted by atomic mass is 14.9. The summed E-state index contributed by atoms with van der Waals surface area (Å²) in [6, 6.07) is 2.55. The minimum atomic E-state index is 0.834. The Morgan fingerprint density at radius 1 is 1.30 bits per heavy atom. The van der Waals surface area contributed by atoms with Crippen molar-refractivity contribution >= 4 is 12.4 Å². The smallest absolute Gasteiger partial charge is 0.140 e. The fourth-order valence-electron chi connectivity index (χ4n) is 4.04. The molecule has 0 radical (unpaired) electrons. The number of nitrogens with one attached hydrogen (secondary N) is 1. The van der Waals surface area contributed by atoms with Gasteiger partial charge < -0.3 is 5.32 Å². The molecule has 2 aliphatic heterocycles. The summed E-state index contributed by atoms with van der Waals surface area (Å²) in [5.74, 6) is 0.834. The van der Waals surface area contributed by atoms with E-state index < -0.39 is 0 Å². The topological polar surface area (TPSA) is 12.0 Å². The number of anilines is 1. The second-order valence-corrected chi connectivity index (χ2v) is 7.00. The molecule has 20 heavy (non-hydrogen) atoms. The first-order valence-electron chi connectivity index (χ1n) is 8.61. The van der Waals surface area contributed by atoms with E-state index in [0.717, 1.165) is 19.1 Å². The van der Waals surface area contributed by atoms with Crippen LogP contribution in [0.2, 0.25) is 19.0 Å². The Balaban J connectivity index is 2.09. The Kier molecular flexibility index (Phi) is 4.09. The summed E-state index contributed by atoms with van der Waals surface area (Å²) in [5.41, 5.74) is 8.16.